The average molecular weight is 258 g/mol. The van der Waals surface area contributed by atoms with Crippen molar-refractivity contribution in [2.75, 3.05) is 12.3 Å². The third-order valence-corrected chi connectivity index (χ3v) is 3.23. The fourth-order valence-electron chi connectivity index (χ4n) is 2.33. The number of ether oxygens (including phenoxy) is 1. The van der Waals surface area contributed by atoms with Crippen molar-refractivity contribution >= 4 is 11.6 Å². The average Bonchev–Trinajstić information content (AvgIpc) is 2.95. The number of primary amides is 1. The van der Waals surface area contributed by atoms with Crippen LogP contribution in [0.2, 0.25) is 0 Å². The molecule has 0 bridgehead atoms. The van der Waals surface area contributed by atoms with Gasteiger partial charge in [0.25, 0.3) is 5.91 Å². The largest absolute Gasteiger partial charge is 0.493 e. The molecule has 0 spiro atoms. The van der Waals surface area contributed by atoms with Gasteiger partial charge in [-0.2, -0.15) is 5.10 Å². The maximum atomic E-state index is 11.1. The zero-order valence-corrected chi connectivity index (χ0v) is 10.2. The third-order valence-electron chi connectivity index (χ3n) is 3.23. The van der Waals surface area contributed by atoms with Crippen molar-refractivity contribution in [1.29, 1.82) is 0 Å². The number of aromatic nitrogens is 2. The molecule has 0 aliphatic carbocycles. The van der Waals surface area contributed by atoms with Crippen LogP contribution in [0.5, 0.6) is 5.75 Å². The van der Waals surface area contributed by atoms with Gasteiger partial charge < -0.3 is 16.2 Å². The summed E-state index contributed by atoms with van der Waals surface area (Å²) in [5.41, 5.74) is 12.5. The van der Waals surface area contributed by atoms with E-state index in [1.807, 2.05) is 24.3 Å². The van der Waals surface area contributed by atoms with E-state index in [0.717, 1.165) is 11.3 Å². The second kappa shape index (κ2) is 4.31. The van der Waals surface area contributed by atoms with E-state index in [4.69, 9.17) is 16.2 Å². The van der Waals surface area contributed by atoms with Crippen LogP contribution in [0.3, 0.4) is 0 Å². The zero-order valence-electron chi connectivity index (χ0n) is 10.2. The molecule has 3 rings (SSSR count). The van der Waals surface area contributed by atoms with Crippen molar-refractivity contribution in [1.82, 2.24) is 9.78 Å². The Labute approximate surface area is 110 Å². The van der Waals surface area contributed by atoms with Gasteiger partial charge in [-0.05, 0) is 6.07 Å². The summed E-state index contributed by atoms with van der Waals surface area (Å²) < 4.78 is 7.25. The van der Waals surface area contributed by atoms with Crippen LogP contribution in [0.4, 0.5) is 5.69 Å². The summed E-state index contributed by atoms with van der Waals surface area (Å²) in [6.07, 6.45) is 1.63. The van der Waals surface area contributed by atoms with Crippen LogP contribution in [0.1, 0.15) is 22.0 Å². The first-order chi connectivity index (χ1) is 9.15. The van der Waals surface area contributed by atoms with E-state index in [1.54, 1.807) is 10.9 Å². The molecule has 2 aromatic rings. The van der Waals surface area contributed by atoms with E-state index in [0.29, 0.717) is 18.8 Å². The lowest BCUT2D eigenvalue weighted by atomic mass is 10.0. The maximum Gasteiger partial charge on any atom is 0.271 e. The predicted molar refractivity (Wildman–Crippen MR) is 69.8 cm³/mol. The van der Waals surface area contributed by atoms with E-state index in [2.05, 4.69) is 5.10 Å². The second-order valence-electron chi connectivity index (χ2n) is 4.57. The maximum absolute atomic E-state index is 11.1. The molecule has 1 aliphatic heterocycles. The van der Waals surface area contributed by atoms with Gasteiger partial charge in [0.15, 0.2) is 5.69 Å². The van der Waals surface area contributed by atoms with Crippen LogP contribution in [-0.2, 0) is 6.54 Å². The van der Waals surface area contributed by atoms with Gasteiger partial charge in [0.1, 0.15) is 5.75 Å². The molecular formula is C13H14N4O2. The van der Waals surface area contributed by atoms with Gasteiger partial charge in [0, 0.05) is 17.7 Å². The van der Waals surface area contributed by atoms with Crippen LogP contribution in [0.25, 0.3) is 0 Å². The number of fused-ring (bicyclic) bond motifs is 1. The highest BCUT2D eigenvalue weighted by Gasteiger charge is 2.24. The number of rotatable bonds is 3. The van der Waals surface area contributed by atoms with Crippen LogP contribution in [-0.4, -0.2) is 22.3 Å². The number of nitrogen functional groups attached to an aromatic ring is 1. The molecule has 1 atom stereocenters. The lowest BCUT2D eigenvalue weighted by molar-refractivity contribution is 0.0995. The van der Waals surface area contributed by atoms with Gasteiger partial charge in [-0.15, -0.1) is 0 Å². The molecular weight excluding hydrogens is 244 g/mol. The van der Waals surface area contributed by atoms with E-state index in [9.17, 15) is 4.79 Å². The van der Waals surface area contributed by atoms with Crippen molar-refractivity contribution in [2.24, 2.45) is 5.73 Å². The van der Waals surface area contributed by atoms with Crippen molar-refractivity contribution in [3.8, 4) is 5.75 Å². The first kappa shape index (κ1) is 11.6. The molecule has 1 aromatic carbocycles. The van der Waals surface area contributed by atoms with Crippen molar-refractivity contribution in [3.05, 3.63) is 41.7 Å². The molecule has 4 N–H and O–H groups in total. The minimum absolute atomic E-state index is 0.118. The molecule has 0 saturated heterocycles. The summed E-state index contributed by atoms with van der Waals surface area (Å²) in [7, 11) is 0. The normalized spacial score (nSPS) is 16.9. The Morgan fingerprint density at radius 1 is 1.47 bits per heavy atom. The monoisotopic (exact) mass is 258 g/mol. The number of benzene rings is 1. The number of nitrogens with two attached hydrogens (primary N) is 2. The van der Waals surface area contributed by atoms with Gasteiger partial charge in [-0.1, -0.05) is 18.2 Å². The number of para-hydroxylation sites is 1. The summed E-state index contributed by atoms with van der Waals surface area (Å²) in [5.74, 6) is 0.498. The summed E-state index contributed by atoms with van der Waals surface area (Å²) in [4.78, 5) is 11.1. The lowest BCUT2D eigenvalue weighted by Gasteiger charge is -2.08. The number of hydrogen-bond donors (Lipinski definition) is 2. The Morgan fingerprint density at radius 3 is 3.00 bits per heavy atom. The Kier molecular flexibility index (Phi) is 2.63. The first-order valence-corrected chi connectivity index (χ1v) is 5.99. The standard InChI is InChI=1S/C13H14N4O2/c14-10-6-17(16-12(10)13(15)18)5-8-7-19-11-4-2-1-3-9(8)11/h1-4,6,8H,5,7,14H2,(H2,15,18). The van der Waals surface area contributed by atoms with E-state index >= 15 is 0 Å². The van der Waals surface area contributed by atoms with E-state index < -0.39 is 5.91 Å². The molecule has 0 radical (unpaired) electrons. The number of carbonyl (C=O) groups is 1. The number of hydrogen-bond acceptors (Lipinski definition) is 4. The van der Waals surface area contributed by atoms with Crippen molar-refractivity contribution < 1.29 is 9.53 Å². The Morgan fingerprint density at radius 2 is 2.26 bits per heavy atom. The molecule has 0 saturated carbocycles. The highest BCUT2D eigenvalue weighted by molar-refractivity contribution is 5.95. The summed E-state index contributed by atoms with van der Waals surface area (Å²) >= 11 is 0. The quantitative estimate of drug-likeness (QED) is 0.848. The van der Waals surface area contributed by atoms with Crippen molar-refractivity contribution in [3.63, 3.8) is 0 Å². The highest BCUT2D eigenvalue weighted by Crippen LogP contribution is 2.34. The van der Waals surface area contributed by atoms with Crippen LogP contribution in [0.15, 0.2) is 30.5 Å². The Hall–Kier alpha value is -2.50. The minimum Gasteiger partial charge on any atom is -0.493 e. The molecule has 19 heavy (non-hydrogen) atoms. The Balaban J connectivity index is 1.84. The highest BCUT2D eigenvalue weighted by atomic mass is 16.5. The fourth-order valence-corrected chi connectivity index (χ4v) is 2.33. The fraction of sp³-hybridized carbons (Fsp3) is 0.231. The topological polar surface area (TPSA) is 96.2 Å². The summed E-state index contributed by atoms with van der Waals surface area (Å²) in [6.45, 7) is 1.21. The van der Waals surface area contributed by atoms with Crippen molar-refractivity contribution in [2.45, 2.75) is 12.5 Å². The van der Waals surface area contributed by atoms with Gasteiger partial charge in [0.2, 0.25) is 0 Å². The molecule has 0 fully saturated rings. The lowest BCUT2D eigenvalue weighted by Crippen LogP contribution is -2.15. The smallest absolute Gasteiger partial charge is 0.271 e. The number of amides is 1. The molecule has 1 unspecified atom stereocenters. The van der Waals surface area contributed by atoms with Gasteiger partial charge in [-0.3, -0.25) is 9.48 Å². The number of nitrogens with zero attached hydrogens (tertiary/aromatic N) is 2. The first-order valence-electron chi connectivity index (χ1n) is 5.99. The summed E-state index contributed by atoms with van der Waals surface area (Å²) in [6, 6.07) is 7.90. The second-order valence-corrected chi connectivity index (χ2v) is 4.57. The van der Waals surface area contributed by atoms with E-state index in [-0.39, 0.29) is 11.6 Å². The molecule has 2 heterocycles. The zero-order chi connectivity index (χ0) is 13.4. The predicted octanol–water partition coefficient (Wildman–Crippen LogP) is 0.740. The van der Waals surface area contributed by atoms with E-state index in [1.165, 1.54) is 0 Å². The SMILES string of the molecule is NC(=O)c1nn(CC2COc3ccccc32)cc1N. The van der Waals surface area contributed by atoms with Gasteiger partial charge >= 0.3 is 0 Å². The third kappa shape index (κ3) is 2.01. The minimum atomic E-state index is -0.612. The molecule has 6 nitrogen and oxygen atoms in total. The Bertz CT molecular complexity index is 635. The van der Waals surface area contributed by atoms with Gasteiger partial charge in [-0.25, -0.2) is 0 Å². The number of anilines is 1. The number of carbonyl (C=O) groups excluding carboxylic acids is 1. The molecule has 98 valence electrons. The molecule has 6 heteroatoms. The molecule has 1 aliphatic rings. The summed E-state index contributed by atoms with van der Waals surface area (Å²) in [5, 5.41) is 4.11. The van der Waals surface area contributed by atoms with Crippen LogP contribution < -0.4 is 16.2 Å². The van der Waals surface area contributed by atoms with Gasteiger partial charge in [0.05, 0.1) is 18.8 Å². The molecule has 1 aromatic heterocycles. The van der Waals surface area contributed by atoms with Crippen LogP contribution in [0, 0.1) is 0 Å². The molecule has 1 amide bonds. The van der Waals surface area contributed by atoms with Crippen LogP contribution >= 0.6 is 0 Å².